The molecule has 8 nitrogen and oxygen atoms in total. The molecule has 1 amide bonds. The predicted octanol–water partition coefficient (Wildman–Crippen LogP) is 7.27. The van der Waals surface area contributed by atoms with Crippen LogP contribution < -0.4 is 9.64 Å². The smallest absolute Gasteiger partial charge is 0.319 e. The van der Waals surface area contributed by atoms with E-state index < -0.39 is 35.3 Å². The van der Waals surface area contributed by atoms with Crippen LogP contribution in [0.3, 0.4) is 0 Å². The number of aromatic nitrogens is 2. The fourth-order valence-electron chi connectivity index (χ4n) is 7.54. The fraction of sp³-hybridized carbons (Fsp3) is 0.371. The molecule has 248 valence electrons. The summed E-state index contributed by atoms with van der Waals surface area (Å²) in [4.78, 5) is 31.0. The van der Waals surface area contributed by atoms with E-state index in [2.05, 4.69) is 16.3 Å². The number of hydrogen-bond acceptors (Lipinski definition) is 6. The molecule has 1 aromatic heterocycles. The second-order valence-corrected chi connectivity index (χ2v) is 13.4. The van der Waals surface area contributed by atoms with Gasteiger partial charge in [0.1, 0.15) is 30.5 Å². The molecule has 3 saturated heterocycles. The van der Waals surface area contributed by atoms with E-state index in [1.165, 1.54) is 11.0 Å². The number of piperazine rings is 1. The zero-order chi connectivity index (χ0) is 33.7. The molecular weight excluding hydrogens is 664 g/mol. The van der Waals surface area contributed by atoms with Crippen LogP contribution in [-0.4, -0.2) is 89.3 Å². The number of fused-ring (bicyclic) bond motifs is 3. The zero-order valence-corrected chi connectivity index (χ0v) is 27.4. The maximum atomic E-state index is 14.6. The van der Waals surface area contributed by atoms with E-state index in [9.17, 15) is 18.0 Å². The van der Waals surface area contributed by atoms with Crippen LogP contribution in [0, 0.1) is 12.4 Å². The van der Waals surface area contributed by atoms with Gasteiger partial charge < -0.3 is 19.4 Å². The first-order valence-corrected chi connectivity index (χ1v) is 16.5. The van der Waals surface area contributed by atoms with E-state index in [0.29, 0.717) is 51.2 Å². The summed E-state index contributed by atoms with van der Waals surface area (Å²) in [5, 5.41) is 2.14. The Hall–Kier alpha value is -4.11. The Labute approximate surface area is 285 Å². The Morgan fingerprint density at radius 2 is 1.96 bits per heavy atom. The van der Waals surface area contributed by atoms with E-state index in [-0.39, 0.29) is 43.8 Å². The summed E-state index contributed by atoms with van der Waals surface area (Å²) < 4.78 is 49.3. The molecule has 0 aliphatic carbocycles. The van der Waals surface area contributed by atoms with Gasteiger partial charge in [-0.25, -0.2) is 19.7 Å². The molecule has 3 aromatic carbocycles. The number of rotatable bonds is 7. The van der Waals surface area contributed by atoms with E-state index in [4.69, 9.17) is 44.5 Å². The lowest BCUT2D eigenvalue weighted by Crippen LogP contribution is -2.56. The van der Waals surface area contributed by atoms with Crippen molar-refractivity contribution < 1.29 is 22.7 Å². The average molecular weight is 696 g/mol. The quantitative estimate of drug-likeness (QED) is 0.150. The largest absolute Gasteiger partial charge is 0.461 e. The van der Waals surface area contributed by atoms with Gasteiger partial charge in [0.25, 0.3) is 5.91 Å². The Bertz CT molecular complexity index is 2010. The lowest BCUT2D eigenvalue weighted by molar-refractivity contribution is -0.131. The van der Waals surface area contributed by atoms with Gasteiger partial charge in [0, 0.05) is 54.0 Å². The van der Waals surface area contributed by atoms with Crippen LogP contribution in [0.1, 0.15) is 19.3 Å². The van der Waals surface area contributed by atoms with Crippen LogP contribution in [-0.2, 0) is 4.79 Å². The summed E-state index contributed by atoms with van der Waals surface area (Å²) in [5.74, 6) is -2.03. The summed E-state index contributed by atoms with van der Waals surface area (Å²) in [5.41, 5.74) is 1.22. The third-order valence-electron chi connectivity index (χ3n) is 9.78. The molecule has 0 bridgehead atoms. The maximum absolute atomic E-state index is 14.6. The van der Waals surface area contributed by atoms with E-state index in [1.54, 1.807) is 18.2 Å². The molecule has 0 unspecified atom stereocenters. The lowest BCUT2D eigenvalue weighted by Gasteiger charge is -2.39. The number of nitrogens with zero attached hydrogens (tertiary/aromatic N) is 6. The van der Waals surface area contributed by atoms with Crippen molar-refractivity contribution in [1.82, 2.24) is 19.8 Å². The van der Waals surface area contributed by atoms with Crippen molar-refractivity contribution in [1.29, 1.82) is 0 Å². The SMILES string of the molecule is [C-]#[N+]C[C@H]1CN(c2nc(OC[C@@]34CCCN3C[C@H](F)C4)nc3cc(-c4cccc5ccc(F)c(Cl)c45)c(Cl)cc23)CCN1C(=O)C(=C)F. The molecule has 4 heterocycles. The number of carbonyl (C=O) groups is 1. The van der Waals surface area contributed by atoms with E-state index >= 15 is 0 Å². The molecule has 3 aliphatic heterocycles. The van der Waals surface area contributed by atoms with Crippen molar-refractivity contribution in [2.45, 2.75) is 37.0 Å². The Morgan fingerprint density at radius 1 is 1.12 bits per heavy atom. The van der Waals surface area contributed by atoms with Gasteiger partial charge in [-0.3, -0.25) is 9.69 Å². The molecule has 4 aromatic rings. The van der Waals surface area contributed by atoms with Crippen LogP contribution in [0.25, 0.3) is 37.6 Å². The first kappa shape index (κ1) is 32.4. The van der Waals surface area contributed by atoms with Crippen LogP contribution in [0.4, 0.5) is 19.0 Å². The average Bonchev–Trinajstić information content (AvgIpc) is 3.60. The van der Waals surface area contributed by atoms with Crippen molar-refractivity contribution in [3.63, 3.8) is 0 Å². The summed E-state index contributed by atoms with van der Waals surface area (Å²) in [6.07, 6.45) is 1.20. The summed E-state index contributed by atoms with van der Waals surface area (Å²) in [6.45, 7) is 12.5. The van der Waals surface area contributed by atoms with Crippen molar-refractivity contribution in [2.75, 3.05) is 50.8 Å². The maximum Gasteiger partial charge on any atom is 0.319 e. The number of anilines is 1. The highest BCUT2D eigenvalue weighted by Gasteiger charge is 2.49. The number of hydrogen-bond donors (Lipinski definition) is 0. The molecule has 3 atom stereocenters. The number of carbonyl (C=O) groups excluding carboxylic acids is 1. The minimum Gasteiger partial charge on any atom is -0.461 e. The molecule has 48 heavy (non-hydrogen) atoms. The highest BCUT2D eigenvalue weighted by molar-refractivity contribution is 6.38. The first-order valence-electron chi connectivity index (χ1n) is 15.7. The third-order valence-corrected chi connectivity index (χ3v) is 10.5. The normalized spacial score (nSPS) is 22.7. The van der Waals surface area contributed by atoms with Crippen LogP contribution >= 0.6 is 23.2 Å². The highest BCUT2D eigenvalue weighted by atomic mass is 35.5. The Morgan fingerprint density at radius 3 is 2.75 bits per heavy atom. The van der Waals surface area contributed by atoms with Crippen molar-refractivity contribution in [3.05, 3.63) is 82.2 Å². The molecule has 7 rings (SSSR count). The lowest BCUT2D eigenvalue weighted by atomic mass is 9.95. The first-order chi connectivity index (χ1) is 23.1. The molecule has 0 saturated carbocycles. The van der Waals surface area contributed by atoms with Gasteiger partial charge in [-0.1, -0.05) is 54.0 Å². The van der Waals surface area contributed by atoms with Crippen molar-refractivity contribution in [2.24, 2.45) is 0 Å². The van der Waals surface area contributed by atoms with Gasteiger partial charge in [0.05, 0.1) is 16.1 Å². The van der Waals surface area contributed by atoms with Crippen LogP contribution in [0.15, 0.2) is 54.9 Å². The molecule has 0 spiro atoms. The van der Waals surface area contributed by atoms with Crippen molar-refractivity contribution in [3.8, 4) is 17.1 Å². The van der Waals surface area contributed by atoms with Crippen LogP contribution in [0.5, 0.6) is 6.01 Å². The summed E-state index contributed by atoms with van der Waals surface area (Å²) >= 11 is 13.4. The van der Waals surface area contributed by atoms with Gasteiger partial charge in [-0.2, -0.15) is 9.97 Å². The van der Waals surface area contributed by atoms with Crippen molar-refractivity contribution >= 4 is 56.6 Å². The molecule has 0 N–H and O–H groups in total. The minimum absolute atomic E-state index is 0.0241. The standard InChI is InChI=1S/C35H31Cl2F3N6O2/c1-20(38)33(47)46-12-11-44(18-23(46)16-41-2)32-26-13-27(36)25(24-6-3-5-21-7-8-28(40)31(37)30(21)24)14-29(26)42-34(43-32)48-19-35-9-4-10-45(35)17-22(39)15-35/h3,5-8,13-14,22-23H,1,4,9-12,15-19H2/t22-,23+,35+/m1/s1. The zero-order valence-electron chi connectivity index (χ0n) is 25.9. The Kier molecular flexibility index (Phi) is 8.60. The Balaban J connectivity index is 1.33. The van der Waals surface area contributed by atoms with E-state index in [0.717, 1.165) is 24.8 Å². The second-order valence-electron chi connectivity index (χ2n) is 12.7. The molecule has 3 fully saturated rings. The number of ether oxygens (including phenoxy) is 1. The highest BCUT2D eigenvalue weighted by Crippen LogP contribution is 2.43. The number of amides is 1. The van der Waals surface area contributed by atoms with Crippen LogP contribution in [0.2, 0.25) is 10.0 Å². The van der Waals surface area contributed by atoms with E-state index in [1.807, 2.05) is 23.1 Å². The molecular formula is C35H31Cl2F3N6O2. The predicted molar refractivity (Wildman–Crippen MR) is 180 cm³/mol. The number of halogens is 5. The van der Waals surface area contributed by atoms with Gasteiger partial charge >= 0.3 is 6.01 Å². The second kappa shape index (κ2) is 12.7. The topological polar surface area (TPSA) is 66.2 Å². The van der Waals surface area contributed by atoms with Gasteiger partial charge in [0.15, 0.2) is 5.83 Å². The monoisotopic (exact) mass is 694 g/mol. The number of alkyl halides is 1. The fourth-order valence-corrected chi connectivity index (χ4v) is 8.08. The minimum atomic E-state index is -1.09. The molecule has 3 aliphatic rings. The summed E-state index contributed by atoms with van der Waals surface area (Å²) in [6, 6.07) is 11.4. The van der Waals surface area contributed by atoms with Gasteiger partial charge in [0.2, 0.25) is 6.54 Å². The third kappa shape index (κ3) is 5.70. The molecule has 0 radical (unpaired) electrons. The van der Waals surface area contributed by atoms with Gasteiger partial charge in [-0.05, 0) is 48.5 Å². The summed E-state index contributed by atoms with van der Waals surface area (Å²) in [7, 11) is 0. The van der Waals surface area contributed by atoms with Gasteiger partial charge in [-0.15, -0.1) is 0 Å². The number of benzene rings is 3. The molecule has 13 heteroatoms.